The lowest BCUT2D eigenvalue weighted by atomic mass is 10.1. The van der Waals surface area contributed by atoms with Crippen molar-refractivity contribution < 1.29 is 9.59 Å². The number of aromatic nitrogens is 1. The Bertz CT molecular complexity index is 973. The molecule has 150 valence electrons. The fourth-order valence-corrected chi connectivity index (χ4v) is 4.42. The molecule has 0 fully saturated rings. The number of hydrogen-bond donors (Lipinski definition) is 2. The van der Waals surface area contributed by atoms with Crippen LogP contribution in [0.3, 0.4) is 0 Å². The van der Waals surface area contributed by atoms with Crippen molar-refractivity contribution in [1.82, 2.24) is 4.98 Å². The SMILES string of the molecule is CCC(Sc1cccc(NC(=O)Cc2ccccc2)c1)C(=O)Nc1nc(C)cs1. The lowest BCUT2D eigenvalue weighted by Crippen LogP contribution is -2.24. The van der Waals surface area contributed by atoms with Gasteiger partial charge in [0.05, 0.1) is 17.4 Å². The summed E-state index contributed by atoms with van der Waals surface area (Å²) in [7, 11) is 0. The molecule has 1 heterocycles. The highest BCUT2D eigenvalue weighted by atomic mass is 32.2. The van der Waals surface area contributed by atoms with Gasteiger partial charge in [0.1, 0.15) is 0 Å². The Kier molecular flexibility index (Phi) is 7.43. The Morgan fingerprint density at radius 2 is 1.90 bits per heavy atom. The molecule has 2 amide bonds. The molecule has 1 unspecified atom stereocenters. The van der Waals surface area contributed by atoms with Crippen molar-refractivity contribution >= 4 is 45.7 Å². The maximum absolute atomic E-state index is 12.6. The Labute approximate surface area is 179 Å². The summed E-state index contributed by atoms with van der Waals surface area (Å²) in [5.74, 6) is -0.132. The lowest BCUT2D eigenvalue weighted by Gasteiger charge is -2.14. The number of thiazole rings is 1. The molecule has 0 radical (unpaired) electrons. The van der Waals surface area contributed by atoms with E-state index < -0.39 is 0 Å². The molecule has 1 aromatic heterocycles. The van der Waals surface area contributed by atoms with Crippen molar-refractivity contribution in [1.29, 1.82) is 0 Å². The van der Waals surface area contributed by atoms with Gasteiger partial charge in [-0.2, -0.15) is 0 Å². The highest BCUT2D eigenvalue weighted by Crippen LogP contribution is 2.29. The van der Waals surface area contributed by atoms with Crippen molar-refractivity contribution in [2.24, 2.45) is 0 Å². The Morgan fingerprint density at radius 3 is 2.59 bits per heavy atom. The van der Waals surface area contributed by atoms with E-state index in [1.54, 1.807) is 0 Å². The predicted molar refractivity (Wildman–Crippen MR) is 121 cm³/mol. The van der Waals surface area contributed by atoms with Crippen molar-refractivity contribution in [3.8, 4) is 0 Å². The summed E-state index contributed by atoms with van der Waals surface area (Å²) < 4.78 is 0. The van der Waals surface area contributed by atoms with Crippen LogP contribution in [0.4, 0.5) is 10.8 Å². The molecule has 3 aromatic rings. The molecule has 3 rings (SSSR count). The van der Waals surface area contributed by atoms with E-state index in [-0.39, 0.29) is 17.1 Å². The monoisotopic (exact) mass is 425 g/mol. The van der Waals surface area contributed by atoms with Gasteiger partial charge in [0, 0.05) is 16.0 Å². The van der Waals surface area contributed by atoms with Gasteiger partial charge in [-0.05, 0) is 37.1 Å². The van der Waals surface area contributed by atoms with Gasteiger partial charge >= 0.3 is 0 Å². The number of rotatable bonds is 8. The van der Waals surface area contributed by atoms with E-state index in [1.165, 1.54) is 23.1 Å². The number of benzene rings is 2. The largest absolute Gasteiger partial charge is 0.326 e. The first kappa shape index (κ1) is 21.1. The van der Waals surface area contributed by atoms with E-state index >= 15 is 0 Å². The number of nitrogens with one attached hydrogen (secondary N) is 2. The number of aryl methyl sites for hydroxylation is 1. The van der Waals surface area contributed by atoms with E-state index in [1.807, 2.05) is 73.8 Å². The first-order chi connectivity index (χ1) is 14.0. The number of amides is 2. The van der Waals surface area contributed by atoms with Gasteiger partial charge in [0.15, 0.2) is 5.13 Å². The number of thioether (sulfide) groups is 1. The molecular weight excluding hydrogens is 402 g/mol. The average Bonchev–Trinajstić information content (AvgIpc) is 3.11. The molecule has 0 aliphatic heterocycles. The summed E-state index contributed by atoms with van der Waals surface area (Å²) in [6, 6.07) is 17.2. The molecule has 7 heteroatoms. The van der Waals surface area contributed by atoms with Crippen LogP contribution in [-0.4, -0.2) is 22.0 Å². The maximum atomic E-state index is 12.6. The maximum Gasteiger partial charge on any atom is 0.239 e. The third kappa shape index (κ3) is 6.44. The van der Waals surface area contributed by atoms with Crippen molar-refractivity contribution in [2.45, 2.75) is 36.8 Å². The van der Waals surface area contributed by atoms with E-state index in [0.29, 0.717) is 18.0 Å². The van der Waals surface area contributed by atoms with E-state index in [4.69, 9.17) is 0 Å². The van der Waals surface area contributed by atoms with Crippen LogP contribution in [0.5, 0.6) is 0 Å². The van der Waals surface area contributed by atoms with Gasteiger partial charge in [-0.15, -0.1) is 23.1 Å². The van der Waals surface area contributed by atoms with Crippen LogP contribution in [0.15, 0.2) is 64.9 Å². The molecule has 0 bridgehead atoms. The number of hydrogen-bond acceptors (Lipinski definition) is 5. The fourth-order valence-electron chi connectivity index (χ4n) is 2.72. The van der Waals surface area contributed by atoms with Crippen LogP contribution in [0, 0.1) is 6.92 Å². The lowest BCUT2D eigenvalue weighted by molar-refractivity contribution is -0.116. The Hall–Kier alpha value is -2.64. The first-order valence-electron chi connectivity index (χ1n) is 9.37. The number of nitrogens with zero attached hydrogens (tertiary/aromatic N) is 1. The Balaban J connectivity index is 1.60. The minimum absolute atomic E-state index is 0.0645. The van der Waals surface area contributed by atoms with Gasteiger partial charge in [-0.1, -0.05) is 43.3 Å². The smallest absolute Gasteiger partial charge is 0.239 e. The van der Waals surface area contributed by atoms with Crippen molar-refractivity contribution in [2.75, 3.05) is 10.6 Å². The molecule has 0 aliphatic rings. The summed E-state index contributed by atoms with van der Waals surface area (Å²) >= 11 is 2.90. The molecule has 5 nitrogen and oxygen atoms in total. The van der Waals surface area contributed by atoms with Crippen LogP contribution in [0.1, 0.15) is 24.6 Å². The average molecular weight is 426 g/mol. The molecule has 0 saturated heterocycles. The van der Waals surface area contributed by atoms with Crippen LogP contribution in [0.25, 0.3) is 0 Å². The molecule has 0 aliphatic carbocycles. The second-order valence-electron chi connectivity index (χ2n) is 6.54. The van der Waals surface area contributed by atoms with Gasteiger partial charge in [-0.3, -0.25) is 9.59 Å². The van der Waals surface area contributed by atoms with Crippen LogP contribution in [0.2, 0.25) is 0 Å². The van der Waals surface area contributed by atoms with E-state index in [2.05, 4.69) is 15.6 Å². The second-order valence-corrected chi connectivity index (χ2v) is 8.67. The van der Waals surface area contributed by atoms with E-state index in [0.717, 1.165) is 21.8 Å². The summed E-state index contributed by atoms with van der Waals surface area (Å²) in [6.45, 7) is 3.88. The zero-order chi connectivity index (χ0) is 20.6. The predicted octanol–water partition coefficient (Wildman–Crippen LogP) is 5.14. The molecule has 2 aromatic carbocycles. The first-order valence-corrected chi connectivity index (χ1v) is 11.1. The van der Waals surface area contributed by atoms with Crippen LogP contribution in [-0.2, 0) is 16.0 Å². The third-order valence-electron chi connectivity index (χ3n) is 4.12. The molecule has 0 spiro atoms. The summed E-state index contributed by atoms with van der Waals surface area (Å²) in [5, 5.41) is 8.10. The number of carbonyl (C=O) groups excluding carboxylic acids is 2. The minimum atomic E-state index is -0.241. The topological polar surface area (TPSA) is 71.1 Å². The number of carbonyl (C=O) groups is 2. The summed E-state index contributed by atoms with van der Waals surface area (Å²) in [6.07, 6.45) is 1.01. The Morgan fingerprint density at radius 1 is 1.10 bits per heavy atom. The van der Waals surface area contributed by atoms with E-state index in [9.17, 15) is 9.59 Å². The van der Waals surface area contributed by atoms with Gasteiger partial charge < -0.3 is 10.6 Å². The quantitative estimate of drug-likeness (QED) is 0.490. The number of anilines is 2. The van der Waals surface area contributed by atoms with Crippen LogP contribution >= 0.6 is 23.1 Å². The highest BCUT2D eigenvalue weighted by Gasteiger charge is 2.19. The van der Waals surface area contributed by atoms with Crippen molar-refractivity contribution in [3.05, 3.63) is 71.2 Å². The molecule has 1 atom stereocenters. The summed E-state index contributed by atoms with van der Waals surface area (Å²) in [5.41, 5.74) is 2.59. The third-order valence-corrected chi connectivity index (χ3v) is 6.35. The normalized spacial score (nSPS) is 11.7. The zero-order valence-electron chi connectivity index (χ0n) is 16.3. The fraction of sp³-hybridized carbons (Fsp3) is 0.227. The van der Waals surface area contributed by atoms with Gasteiger partial charge in [0.25, 0.3) is 0 Å². The van der Waals surface area contributed by atoms with Crippen LogP contribution < -0.4 is 10.6 Å². The minimum Gasteiger partial charge on any atom is -0.326 e. The van der Waals surface area contributed by atoms with Crippen molar-refractivity contribution in [3.63, 3.8) is 0 Å². The second kappa shape index (κ2) is 10.2. The van der Waals surface area contributed by atoms with Gasteiger partial charge in [0.2, 0.25) is 11.8 Å². The summed E-state index contributed by atoms with van der Waals surface area (Å²) in [4.78, 5) is 30.1. The molecular formula is C22H23N3O2S2. The molecule has 2 N–H and O–H groups in total. The van der Waals surface area contributed by atoms with Gasteiger partial charge in [-0.25, -0.2) is 4.98 Å². The standard InChI is InChI=1S/C22H23N3O2S2/c1-3-19(21(27)25-22-23-15(2)14-28-22)29-18-11-7-10-17(13-18)24-20(26)12-16-8-5-4-6-9-16/h4-11,13-14,19H,3,12H2,1-2H3,(H,24,26)(H,23,25,27). The molecule has 29 heavy (non-hydrogen) atoms. The highest BCUT2D eigenvalue weighted by molar-refractivity contribution is 8.00. The zero-order valence-corrected chi connectivity index (χ0v) is 18.0. The molecule has 0 saturated carbocycles.